The lowest BCUT2D eigenvalue weighted by atomic mass is 9.97. The zero-order valence-electron chi connectivity index (χ0n) is 12.4. The van der Waals surface area contributed by atoms with Crippen LogP contribution in [0.1, 0.15) is 18.4 Å². The van der Waals surface area contributed by atoms with Gasteiger partial charge in [-0.2, -0.15) is 0 Å². The Labute approximate surface area is 130 Å². The van der Waals surface area contributed by atoms with E-state index in [9.17, 15) is 9.59 Å². The Morgan fingerprint density at radius 2 is 1.90 bits per heavy atom. The lowest BCUT2D eigenvalue weighted by Crippen LogP contribution is -2.40. The highest BCUT2D eigenvalue weighted by molar-refractivity contribution is 7.80. The largest absolute Gasteiger partial charge is 0.469 e. The van der Waals surface area contributed by atoms with Crippen LogP contribution < -0.4 is 5.73 Å². The minimum Gasteiger partial charge on any atom is -0.469 e. The summed E-state index contributed by atoms with van der Waals surface area (Å²) in [7, 11) is 2.94. The molecule has 0 saturated heterocycles. The van der Waals surface area contributed by atoms with E-state index in [1.807, 2.05) is 18.2 Å². The molecule has 0 aromatic heterocycles. The minimum absolute atomic E-state index is 0.115. The Morgan fingerprint density at radius 1 is 1.33 bits per heavy atom. The molecule has 5 nitrogen and oxygen atoms in total. The van der Waals surface area contributed by atoms with Crippen molar-refractivity contribution < 1.29 is 14.3 Å². The Morgan fingerprint density at radius 3 is 2.38 bits per heavy atom. The molecular weight excluding hydrogens is 288 g/mol. The number of nitrogens with zero attached hydrogens (tertiary/aromatic N) is 1. The summed E-state index contributed by atoms with van der Waals surface area (Å²) in [4.78, 5) is 25.5. The number of benzene rings is 1. The maximum absolute atomic E-state index is 12.5. The van der Waals surface area contributed by atoms with Gasteiger partial charge in [0.15, 0.2) is 0 Å². The number of thiocarbonyl (C=S) groups is 1. The molecular formula is C15H20N2O3S. The zero-order chi connectivity index (χ0) is 16.0. The predicted octanol–water partition coefficient (Wildman–Crippen LogP) is 1.32. The Bertz CT molecular complexity index is 519. The van der Waals surface area contributed by atoms with Crippen LogP contribution in [0.4, 0.5) is 0 Å². The normalized spacial score (nSPS) is 13.1. The summed E-state index contributed by atoms with van der Waals surface area (Å²) in [5, 5.41) is 0. The topological polar surface area (TPSA) is 72.6 Å². The van der Waals surface area contributed by atoms with E-state index < -0.39 is 11.8 Å². The average molecular weight is 308 g/mol. The van der Waals surface area contributed by atoms with Gasteiger partial charge in [0.1, 0.15) is 5.92 Å². The monoisotopic (exact) mass is 308 g/mol. The van der Waals surface area contributed by atoms with Crippen LogP contribution in [0, 0.1) is 5.92 Å². The van der Waals surface area contributed by atoms with Crippen molar-refractivity contribution >= 4 is 29.1 Å². The molecule has 0 aliphatic carbocycles. The number of hydrogen-bond acceptors (Lipinski definition) is 4. The SMILES string of the molecule is COC(=O)C(C)CN(C)C(=O)C(C(N)=S)c1ccccc1. The fourth-order valence-corrected chi connectivity index (χ4v) is 2.31. The van der Waals surface area contributed by atoms with Crippen LogP contribution in [0.15, 0.2) is 30.3 Å². The number of esters is 1. The summed E-state index contributed by atoms with van der Waals surface area (Å²) in [5.41, 5.74) is 6.46. The van der Waals surface area contributed by atoms with Crippen LogP contribution in [0.2, 0.25) is 0 Å². The first-order valence-electron chi connectivity index (χ1n) is 6.55. The molecule has 0 fully saturated rings. The minimum atomic E-state index is -0.684. The van der Waals surface area contributed by atoms with Crippen molar-refractivity contribution in [2.75, 3.05) is 20.7 Å². The highest BCUT2D eigenvalue weighted by Crippen LogP contribution is 2.19. The quantitative estimate of drug-likeness (QED) is 0.634. The van der Waals surface area contributed by atoms with Crippen LogP contribution in [0.25, 0.3) is 0 Å². The molecule has 0 radical (unpaired) electrons. The summed E-state index contributed by atoms with van der Waals surface area (Å²) >= 11 is 5.02. The predicted molar refractivity (Wildman–Crippen MR) is 84.8 cm³/mol. The third-order valence-electron chi connectivity index (χ3n) is 3.19. The number of carbonyl (C=O) groups excluding carboxylic acids is 2. The number of likely N-dealkylation sites (N-methyl/N-ethyl adjacent to an activating group) is 1. The standard InChI is InChI=1S/C15H20N2O3S/c1-10(15(19)20-3)9-17(2)14(18)12(13(16)21)11-7-5-4-6-8-11/h4-8,10,12H,9H2,1-3H3,(H2,16,21). The number of carbonyl (C=O) groups is 2. The first-order chi connectivity index (χ1) is 9.88. The fourth-order valence-electron chi connectivity index (χ4n) is 2.07. The first kappa shape index (κ1) is 17.1. The van der Waals surface area contributed by atoms with Crippen LogP contribution in [-0.2, 0) is 14.3 Å². The van der Waals surface area contributed by atoms with E-state index in [2.05, 4.69) is 4.74 Å². The number of rotatable bonds is 6. The molecule has 0 heterocycles. The van der Waals surface area contributed by atoms with Gasteiger partial charge in [-0.15, -0.1) is 0 Å². The van der Waals surface area contributed by atoms with Crippen LogP contribution >= 0.6 is 12.2 Å². The molecule has 1 aromatic rings. The first-order valence-corrected chi connectivity index (χ1v) is 6.96. The van der Waals surface area contributed by atoms with E-state index in [-0.39, 0.29) is 23.4 Å². The van der Waals surface area contributed by atoms with Crippen molar-refractivity contribution in [1.29, 1.82) is 0 Å². The average Bonchev–Trinajstić information content (AvgIpc) is 2.46. The van der Waals surface area contributed by atoms with E-state index in [1.165, 1.54) is 12.0 Å². The van der Waals surface area contributed by atoms with Crippen molar-refractivity contribution in [1.82, 2.24) is 4.90 Å². The number of hydrogen-bond donors (Lipinski definition) is 1. The maximum atomic E-state index is 12.5. The molecule has 2 unspecified atom stereocenters. The maximum Gasteiger partial charge on any atom is 0.310 e. The van der Waals surface area contributed by atoms with Gasteiger partial charge in [-0.3, -0.25) is 9.59 Å². The molecule has 21 heavy (non-hydrogen) atoms. The summed E-state index contributed by atoms with van der Waals surface area (Å²) in [5.74, 6) is -1.69. The Balaban J connectivity index is 2.87. The van der Waals surface area contributed by atoms with Crippen LogP contribution in [-0.4, -0.2) is 42.5 Å². The van der Waals surface area contributed by atoms with Crippen molar-refractivity contribution in [2.24, 2.45) is 11.7 Å². The molecule has 0 aliphatic rings. The Kier molecular flexibility index (Phi) is 6.30. The summed E-state index contributed by atoms with van der Waals surface area (Å²) in [6, 6.07) is 9.11. The molecule has 1 rings (SSSR count). The van der Waals surface area contributed by atoms with Gasteiger partial charge >= 0.3 is 5.97 Å². The molecule has 1 aromatic carbocycles. The van der Waals surface area contributed by atoms with Gasteiger partial charge < -0.3 is 15.4 Å². The molecule has 1 amide bonds. The highest BCUT2D eigenvalue weighted by Gasteiger charge is 2.28. The summed E-state index contributed by atoms with van der Waals surface area (Å²) in [6.45, 7) is 1.95. The molecule has 0 bridgehead atoms. The van der Waals surface area contributed by atoms with Gasteiger partial charge in [0.25, 0.3) is 0 Å². The van der Waals surface area contributed by atoms with Gasteiger partial charge in [0.05, 0.1) is 18.0 Å². The zero-order valence-corrected chi connectivity index (χ0v) is 13.2. The van der Waals surface area contributed by atoms with E-state index >= 15 is 0 Å². The fraction of sp³-hybridized carbons (Fsp3) is 0.400. The Hall–Kier alpha value is -1.95. The second-order valence-electron chi connectivity index (χ2n) is 4.89. The van der Waals surface area contributed by atoms with Gasteiger partial charge in [-0.25, -0.2) is 0 Å². The van der Waals surface area contributed by atoms with Crippen molar-refractivity contribution in [3.63, 3.8) is 0 Å². The molecule has 114 valence electrons. The molecule has 0 saturated carbocycles. The van der Waals surface area contributed by atoms with Crippen molar-refractivity contribution in [2.45, 2.75) is 12.8 Å². The molecule has 0 spiro atoms. The van der Waals surface area contributed by atoms with Gasteiger partial charge in [-0.05, 0) is 5.56 Å². The molecule has 6 heteroatoms. The number of nitrogens with two attached hydrogens (primary N) is 1. The smallest absolute Gasteiger partial charge is 0.310 e. The van der Waals surface area contributed by atoms with Crippen LogP contribution in [0.3, 0.4) is 0 Å². The molecule has 0 aliphatic heterocycles. The number of amides is 1. The van der Waals surface area contributed by atoms with Crippen molar-refractivity contribution in [3.8, 4) is 0 Å². The van der Waals surface area contributed by atoms with Gasteiger partial charge in [0.2, 0.25) is 5.91 Å². The summed E-state index contributed by atoms with van der Waals surface area (Å²) < 4.78 is 4.66. The van der Waals surface area contributed by atoms with E-state index in [0.717, 1.165) is 5.56 Å². The van der Waals surface area contributed by atoms with E-state index in [0.29, 0.717) is 0 Å². The number of ether oxygens (including phenoxy) is 1. The highest BCUT2D eigenvalue weighted by atomic mass is 32.1. The third-order valence-corrected chi connectivity index (χ3v) is 3.43. The van der Waals surface area contributed by atoms with E-state index in [1.54, 1.807) is 26.1 Å². The van der Waals surface area contributed by atoms with Gasteiger partial charge in [0, 0.05) is 13.6 Å². The lowest BCUT2D eigenvalue weighted by molar-refractivity contribution is -0.146. The molecule has 2 atom stereocenters. The third kappa shape index (κ3) is 4.53. The number of methoxy groups -OCH3 is 1. The van der Waals surface area contributed by atoms with Crippen molar-refractivity contribution in [3.05, 3.63) is 35.9 Å². The second kappa shape index (κ2) is 7.73. The molecule has 2 N–H and O–H groups in total. The van der Waals surface area contributed by atoms with E-state index in [4.69, 9.17) is 18.0 Å². The van der Waals surface area contributed by atoms with Gasteiger partial charge in [-0.1, -0.05) is 49.5 Å². The summed E-state index contributed by atoms with van der Waals surface area (Å²) in [6.07, 6.45) is 0. The lowest BCUT2D eigenvalue weighted by Gasteiger charge is -2.25. The second-order valence-corrected chi connectivity index (χ2v) is 5.36. The van der Waals surface area contributed by atoms with Crippen LogP contribution in [0.5, 0.6) is 0 Å².